The van der Waals surface area contributed by atoms with Gasteiger partial charge in [-0.2, -0.15) is 0 Å². The smallest absolute Gasteiger partial charge is 0.251 e. The lowest BCUT2D eigenvalue weighted by Gasteiger charge is -2.10. The summed E-state index contributed by atoms with van der Waals surface area (Å²) in [7, 11) is 0. The molecule has 1 aromatic carbocycles. The molecule has 0 spiro atoms. The number of amides is 1. The van der Waals surface area contributed by atoms with Crippen molar-refractivity contribution < 1.29 is 4.79 Å². The van der Waals surface area contributed by atoms with Gasteiger partial charge < -0.3 is 11.1 Å². The van der Waals surface area contributed by atoms with Crippen molar-refractivity contribution in [2.75, 3.05) is 6.54 Å². The molecule has 1 aromatic rings. The van der Waals surface area contributed by atoms with Crippen LogP contribution in [-0.4, -0.2) is 18.5 Å². The number of rotatable bonds is 4. The molecule has 16 heavy (non-hydrogen) atoms. The highest BCUT2D eigenvalue weighted by atomic mass is 16.1. The number of benzene rings is 1. The van der Waals surface area contributed by atoms with Crippen molar-refractivity contribution in [3.8, 4) is 0 Å². The fraction of sp³-hybridized carbons (Fsp3) is 0.462. The third kappa shape index (κ3) is 3.35. The van der Waals surface area contributed by atoms with E-state index in [0.29, 0.717) is 6.54 Å². The fourth-order valence-corrected chi connectivity index (χ4v) is 1.51. The van der Waals surface area contributed by atoms with Crippen molar-refractivity contribution in [3.63, 3.8) is 0 Å². The van der Waals surface area contributed by atoms with Crippen molar-refractivity contribution in [1.29, 1.82) is 0 Å². The van der Waals surface area contributed by atoms with Gasteiger partial charge in [0.25, 0.3) is 5.91 Å². The zero-order valence-electron chi connectivity index (χ0n) is 10.2. The lowest BCUT2D eigenvalue weighted by atomic mass is 10.0. The van der Waals surface area contributed by atoms with E-state index in [1.54, 1.807) is 0 Å². The van der Waals surface area contributed by atoms with Crippen molar-refractivity contribution in [3.05, 3.63) is 34.9 Å². The molecule has 0 aliphatic heterocycles. The Bertz CT molecular complexity index is 372. The summed E-state index contributed by atoms with van der Waals surface area (Å²) >= 11 is 0. The molecule has 3 nitrogen and oxygen atoms in total. The van der Waals surface area contributed by atoms with E-state index >= 15 is 0 Å². The molecule has 0 saturated heterocycles. The normalized spacial score (nSPS) is 12.2. The number of carbonyl (C=O) groups is 1. The lowest BCUT2D eigenvalue weighted by Crippen LogP contribution is -2.29. The summed E-state index contributed by atoms with van der Waals surface area (Å²) in [5.74, 6) is -0.0122. The van der Waals surface area contributed by atoms with Crippen LogP contribution < -0.4 is 11.1 Å². The number of carbonyl (C=O) groups excluding carboxylic acids is 1. The average Bonchev–Trinajstić information content (AvgIpc) is 2.21. The Balaban J connectivity index is 2.63. The first-order valence-electron chi connectivity index (χ1n) is 5.62. The summed E-state index contributed by atoms with van der Waals surface area (Å²) in [5, 5.41) is 2.88. The Hall–Kier alpha value is -1.35. The molecular formula is C13H20N2O. The van der Waals surface area contributed by atoms with E-state index in [1.807, 2.05) is 39.0 Å². The van der Waals surface area contributed by atoms with Gasteiger partial charge in [0.05, 0.1) is 0 Å². The lowest BCUT2D eigenvalue weighted by molar-refractivity contribution is 0.0952. The van der Waals surface area contributed by atoms with E-state index in [9.17, 15) is 4.79 Å². The summed E-state index contributed by atoms with van der Waals surface area (Å²) in [6.07, 6.45) is 0.802. The number of aryl methyl sites for hydroxylation is 1. The standard InChI is InChI=1S/C13H20N2O/c1-9-5-4-6-12(11(9)3)13(16)15-8-7-10(2)14/h4-6,10H,7-8,14H2,1-3H3,(H,15,16). The minimum atomic E-state index is -0.0122. The minimum absolute atomic E-state index is 0.0122. The van der Waals surface area contributed by atoms with Crippen molar-refractivity contribution in [2.24, 2.45) is 5.73 Å². The van der Waals surface area contributed by atoms with Crippen LogP contribution in [0.4, 0.5) is 0 Å². The highest BCUT2D eigenvalue weighted by Crippen LogP contribution is 2.12. The van der Waals surface area contributed by atoms with Gasteiger partial charge in [0.2, 0.25) is 0 Å². The van der Waals surface area contributed by atoms with Crippen LogP contribution in [0.3, 0.4) is 0 Å². The highest BCUT2D eigenvalue weighted by molar-refractivity contribution is 5.95. The third-order valence-corrected chi connectivity index (χ3v) is 2.73. The van der Waals surface area contributed by atoms with E-state index in [1.165, 1.54) is 0 Å². The molecule has 0 fully saturated rings. The molecule has 1 amide bonds. The van der Waals surface area contributed by atoms with Crippen LogP contribution in [0.25, 0.3) is 0 Å². The molecule has 0 aromatic heterocycles. The van der Waals surface area contributed by atoms with Crippen molar-refractivity contribution in [1.82, 2.24) is 5.32 Å². The van der Waals surface area contributed by atoms with Gasteiger partial charge >= 0.3 is 0 Å². The quantitative estimate of drug-likeness (QED) is 0.812. The molecule has 0 bridgehead atoms. The molecule has 1 unspecified atom stereocenters. The minimum Gasteiger partial charge on any atom is -0.352 e. The predicted octanol–water partition coefficient (Wildman–Crippen LogP) is 1.77. The number of nitrogens with one attached hydrogen (secondary N) is 1. The SMILES string of the molecule is Cc1cccc(C(=O)NCCC(C)N)c1C. The highest BCUT2D eigenvalue weighted by Gasteiger charge is 2.09. The second kappa shape index (κ2) is 5.66. The summed E-state index contributed by atoms with van der Waals surface area (Å²) in [6, 6.07) is 5.89. The maximum Gasteiger partial charge on any atom is 0.251 e. The Labute approximate surface area is 97.0 Å². The van der Waals surface area contributed by atoms with Gasteiger partial charge in [-0.3, -0.25) is 4.79 Å². The Morgan fingerprint density at radius 1 is 1.44 bits per heavy atom. The van der Waals surface area contributed by atoms with Gasteiger partial charge in [0.1, 0.15) is 0 Å². The molecule has 88 valence electrons. The molecule has 3 N–H and O–H groups in total. The van der Waals surface area contributed by atoms with Gasteiger partial charge in [-0.1, -0.05) is 12.1 Å². The van der Waals surface area contributed by atoms with Crippen LogP contribution in [-0.2, 0) is 0 Å². The van der Waals surface area contributed by atoms with Gasteiger partial charge in [-0.05, 0) is 44.4 Å². The zero-order valence-corrected chi connectivity index (χ0v) is 10.2. The molecule has 0 aliphatic carbocycles. The van der Waals surface area contributed by atoms with Crippen LogP contribution in [0.2, 0.25) is 0 Å². The first-order valence-corrected chi connectivity index (χ1v) is 5.62. The first-order chi connectivity index (χ1) is 7.52. The molecular weight excluding hydrogens is 200 g/mol. The Kier molecular flexibility index (Phi) is 4.50. The van der Waals surface area contributed by atoms with E-state index in [0.717, 1.165) is 23.1 Å². The topological polar surface area (TPSA) is 55.1 Å². The summed E-state index contributed by atoms with van der Waals surface area (Å²) in [5.41, 5.74) is 8.56. The number of hydrogen-bond donors (Lipinski definition) is 2. The summed E-state index contributed by atoms with van der Waals surface area (Å²) in [6.45, 7) is 6.54. The second-order valence-corrected chi connectivity index (χ2v) is 4.27. The van der Waals surface area contributed by atoms with Crippen LogP contribution in [0.15, 0.2) is 18.2 Å². The Morgan fingerprint density at radius 3 is 2.75 bits per heavy atom. The monoisotopic (exact) mass is 220 g/mol. The van der Waals surface area contributed by atoms with E-state index in [4.69, 9.17) is 5.73 Å². The predicted molar refractivity (Wildman–Crippen MR) is 66.5 cm³/mol. The molecule has 0 aliphatic rings. The third-order valence-electron chi connectivity index (χ3n) is 2.73. The van der Waals surface area contributed by atoms with E-state index in [2.05, 4.69) is 5.32 Å². The Morgan fingerprint density at radius 2 is 2.12 bits per heavy atom. The van der Waals surface area contributed by atoms with Gasteiger partial charge in [-0.25, -0.2) is 0 Å². The van der Waals surface area contributed by atoms with Crippen molar-refractivity contribution in [2.45, 2.75) is 33.2 Å². The zero-order chi connectivity index (χ0) is 12.1. The molecule has 0 saturated carbocycles. The second-order valence-electron chi connectivity index (χ2n) is 4.27. The molecule has 0 radical (unpaired) electrons. The largest absolute Gasteiger partial charge is 0.352 e. The van der Waals surface area contributed by atoms with Crippen LogP contribution in [0.1, 0.15) is 34.8 Å². The molecule has 0 heterocycles. The van der Waals surface area contributed by atoms with Crippen LogP contribution >= 0.6 is 0 Å². The molecule has 1 rings (SSSR count). The van der Waals surface area contributed by atoms with Crippen LogP contribution in [0, 0.1) is 13.8 Å². The van der Waals surface area contributed by atoms with E-state index in [-0.39, 0.29) is 11.9 Å². The first kappa shape index (κ1) is 12.7. The molecule has 1 atom stereocenters. The maximum absolute atomic E-state index is 11.8. The van der Waals surface area contributed by atoms with Gasteiger partial charge in [0.15, 0.2) is 0 Å². The van der Waals surface area contributed by atoms with Crippen molar-refractivity contribution >= 4 is 5.91 Å². The van der Waals surface area contributed by atoms with E-state index < -0.39 is 0 Å². The maximum atomic E-state index is 11.8. The summed E-state index contributed by atoms with van der Waals surface area (Å²) < 4.78 is 0. The summed E-state index contributed by atoms with van der Waals surface area (Å²) in [4.78, 5) is 11.8. The number of hydrogen-bond acceptors (Lipinski definition) is 2. The molecule has 3 heteroatoms. The fourth-order valence-electron chi connectivity index (χ4n) is 1.51. The van der Waals surface area contributed by atoms with Crippen LogP contribution in [0.5, 0.6) is 0 Å². The average molecular weight is 220 g/mol. The van der Waals surface area contributed by atoms with Gasteiger partial charge in [-0.15, -0.1) is 0 Å². The van der Waals surface area contributed by atoms with Gasteiger partial charge in [0, 0.05) is 18.2 Å². The number of nitrogens with two attached hydrogens (primary N) is 1.